The number of benzene rings is 2. The lowest BCUT2D eigenvalue weighted by Crippen LogP contribution is -2.46. The molecule has 0 atom stereocenters. The van der Waals surface area contributed by atoms with E-state index in [9.17, 15) is 4.79 Å². The van der Waals surface area contributed by atoms with Gasteiger partial charge in [0.2, 0.25) is 5.91 Å². The van der Waals surface area contributed by atoms with E-state index in [2.05, 4.69) is 22.0 Å². The SMILES string of the molecule is NCc1ccc2c(c1)C1(CCN(C(=O)Cc3ccc(Br)cc3)CC1)CO2. The monoisotopic (exact) mass is 414 g/mol. The molecule has 2 aliphatic rings. The Balaban J connectivity index is 1.43. The average Bonchev–Trinajstić information content (AvgIpc) is 3.01. The number of fused-ring (bicyclic) bond motifs is 2. The van der Waals surface area contributed by atoms with Gasteiger partial charge >= 0.3 is 0 Å². The van der Waals surface area contributed by atoms with Gasteiger partial charge in [0.1, 0.15) is 5.75 Å². The van der Waals surface area contributed by atoms with E-state index in [1.807, 2.05) is 41.3 Å². The summed E-state index contributed by atoms with van der Waals surface area (Å²) < 4.78 is 6.98. The molecule has 4 nitrogen and oxygen atoms in total. The van der Waals surface area contributed by atoms with Crippen LogP contribution in [0.3, 0.4) is 0 Å². The van der Waals surface area contributed by atoms with E-state index in [0.717, 1.165) is 47.3 Å². The van der Waals surface area contributed by atoms with E-state index in [1.54, 1.807) is 0 Å². The third-order valence-electron chi connectivity index (χ3n) is 5.70. The lowest BCUT2D eigenvalue weighted by Gasteiger charge is -2.38. The highest BCUT2D eigenvalue weighted by molar-refractivity contribution is 9.10. The Morgan fingerprint density at radius 2 is 1.81 bits per heavy atom. The van der Waals surface area contributed by atoms with Gasteiger partial charge in [-0.2, -0.15) is 0 Å². The van der Waals surface area contributed by atoms with Crippen LogP contribution in [0.4, 0.5) is 0 Å². The quantitative estimate of drug-likeness (QED) is 0.836. The van der Waals surface area contributed by atoms with Crippen molar-refractivity contribution in [1.29, 1.82) is 0 Å². The highest BCUT2D eigenvalue weighted by Gasteiger charge is 2.43. The number of rotatable bonds is 3. The van der Waals surface area contributed by atoms with Gasteiger partial charge < -0.3 is 15.4 Å². The summed E-state index contributed by atoms with van der Waals surface area (Å²) in [6.07, 6.45) is 2.35. The van der Waals surface area contributed by atoms with Crippen LogP contribution in [0, 0.1) is 0 Å². The first-order valence-electron chi connectivity index (χ1n) is 9.08. The fourth-order valence-corrected chi connectivity index (χ4v) is 4.29. The Hall–Kier alpha value is -1.85. The molecule has 1 amide bonds. The predicted octanol–water partition coefficient (Wildman–Crippen LogP) is 3.40. The van der Waals surface area contributed by atoms with E-state index < -0.39 is 0 Å². The first kappa shape index (κ1) is 17.6. The summed E-state index contributed by atoms with van der Waals surface area (Å²) in [5.41, 5.74) is 9.32. The smallest absolute Gasteiger partial charge is 0.226 e. The number of nitrogens with two attached hydrogens (primary N) is 1. The normalized spacial score (nSPS) is 17.8. The van der Waals surface area contributed by atoms with Gasteiger partial charge in [0.15, 0.2) is 0 Å². The van der Waals surface area contributed by atoms with E-state index in [-0.39, 0.29) is 11.3 Å². The van der Waals surface area contributed by atoms with Crippen molar-refractivity contribution >= 4 is 21.8 Å². The molecule has 5 heteroatoms. The molecule has 4 rings (SSSR count). The number of carbonyl (C=O) groups excluding carboxylic acids is 1. The Morgan fingerprint density at radius 3 is 2.50 bits per heavy atom. The van der Waals surface area contributed by atoms with Crippen LogP contribution in [0.25, 0.3) is 0 Å². The highest BCUT2D eigenvalue weighted by atomic mass is 79.9. The third-order valence-corrected chi connectivity index (χ3v) is 6.23. The molecule has 26 heavy (non-hydrogen) atoms. The molecule has 0 unspecified atom stereocenters. The number of carbonyl (C=O) groups is 1. The molecular weight excluding hydrogens is 392 g/mol. The highest BCUT2D eigenvalue weighted by Crippen LogP contribution is 2.45. The summed E-state index contributed by atoms with van der Waals surface area (Å²) in [6, 6.07) is 14.2. The minimum Gasteiger partial charge on any atom is -0.492 e. The largest absolute Gasteiger partial charge is 0.492 e. The molecule has 0 radical (unpaired) electrons. The van der Waals surface area contributed by atoms with Gasteiger partial charge in [0.05, 0.1) is 13.0 Å². The van der Waals surface area contributed by atoms with Crippen molar-refractivity contribution in [1.82, 2.24) is 4.90 Å². The summed E-state index contributed by atoms with van der Waals surface area (Å²) in [5, 5.41) is 0. The van der Waals surface area contributed by atoms with Gasteiger partial charge in [-0.1, -0.05) is 40.2 Å². The first-order valence-corrected chi connectivity index (χ1v) is 9.87. The van der Waals surface area contributed by atoms with Crippen LogP contribution >= 0.6 is 15.9 Å². The number of halogens is 1. The van der Waals surface area contributed by atoms with Gasteiger partial charge in [-0.15, -0.1) is 0 Å². The zero-order valence-electron chi connectivity index (χ0n) is 14.7. The van der Waals surface area contributed by atoms with Crippen LogP contribution < -0.4 is 10.5 Å². The van der Waals surface area contributed by atoms with E-state index in [4.69, 9.17) is 10.5 Å². The van der Waals surface area contributed by atoms with Crippen LogP contribution in [0.2, 0.25) is 0 Å². The Labute approximate surface area is 162 Å². The zero-order valence-corrected chi connectivity index (χ0v) is 16.3. The Morgan fingerprint density at radius 1 is 1.12 bits per heavy atom. The second kappa shape index (κ2) is 7.05. The van der Waals surface area contributed by atoms with Gasteiger partial charge in [-0.25, -0.2) is 0 Å². The van der Waals surface area contributed by atoms with E-state index >= 15 is 0 Å². The van der Waals surface area contributed by atoms with E-state index in [0.29, 0.717) is 19.6 Å². The van der Waals surface area contributed by atoms with Crippen LogP contribution in [0.5, 0.6) is 5.75 Å². The maximum atomic E-state index is 12.7. The lowest BCUT2D eigenvalue weighted by atomic mass is 9.74. The zero-order chi connectivity index (χ0) is 18.1. The molecule has 0 aromatic heterocycles. The number of nitrogens with zero attached hydrogens (tertiary/aromatic N) is 1. The molecule has 2 aliphatic heterocycles. The minimum atomic E-state index is 0.0366. The predicted molar refractivity (Wildman–Crippen MR) is 105 cm³/mol. The molecule has 1 spiro atoms. The summed E-state index contributed by atoms with van der Waals surface area (Å²) >= 11 is 3.43. The second-order valence-corrected chi connectivity index (χ2v) is 8.20. The standard InChI is InChI=1S/C21H23BrN2O2/c22-17-4-1-15(2-5-17)12-20(25)24-9-7-21(8-10-24)14-26-19-6-3-16(13-23)11-18(19)21/h1-6,11H,7-10,12-14,23H2. The fourth-order valence-electron chi connectivity index (χ4n) is 4.02. The minimum absolute atomic E-state index is 0.0366. The molecule has 2 heterocycles. The molecule has 136 valence electrons. The number of amides is 1. The van der Waals surface area contributed by atoms with Crippen molar-refractivity contribution in [3.8, 4) is 5.75 Å². The number of ether oxygens (including phenoxy) is 1. The van der Waals surface area contributed by atoms with Crippen molar-refractivity contribution in [2.45, 2.75) is 31.2 Å². The molecule has 2 N–H and O–H groups in total. The van der Waals surface area contributed by atoms with Crippen LogP contribution in [0.1, 0.15) is 29.5 Å². The van der Waals surface area contributed by atoms with Crippen LogP contribution in [-0.2, 0) is 23.2 Å². The Kier molecular flexibility index (Phi) is 4.76. The maximum Gasteiger partial charge on any atom is 0.226 e. The van der Waals surface area contributed by atoms with Gasteiger partial charge in [-0.05, 0) is 42.2 Å². The molecule has 2 aromatic rings. The summed E-state index contributed by atoms with van der Waals surface area (Å²) in [6.45, 7) is 2.82. The molecule has 1 fully saturated rings. The fraction of sp³-hybridized carbons (Fsp3) is 0.381. The lowest BCUT2D eigenvalue weighted by molar-refractivity contribution is -0.132. The summed E-state index contributed by atoms with van der Waals surface area (Å²) in [4.78, 5) is 14.7. The van der Waals surface area contributed by atoms with Crippen molar-refractivity contribution in [3.05, 3.63) is 63.6 Å². The molecule has 2 aromatic carbocycles. The maximum absolute atomic E-state index is 12.7. The van der Waals surface area contributed by atoms with Gasteiger partial charge in [-0.3, -0.25) is 4.79 Å². The van der Waals surface area contributed by atoms with Crippen molar-refractivity contribution in [3.63, 3.8) is 0 Å². The molecule has 1 saturated heterocycles. The topological polar surface area (TPSA) is 55.6 Å². The number of piperidine rings is 1. The van der Waals surface area contributed by atoms with Gasteiger partial charge in [0, 0.05) is 35.1 Å². The number of hydrogen-bond donors (Lipinski definition) is 1. The van der Waals surface area contributed by atoms with Crippen LogP contribution in [-0.4, -0.2) is 30.5 Å². The van der Waals surface area contributed by atoms with Crippen LogP contribution in [0.15, 0.2) is 46.9 Å². The number of likely N-dealkylation sites (tertiary alicyclic amines) is 1. The number of hydrogen-bond acceptors (Lipinski definition) is 3. The molecular formula is C21H23BrN2O2. The van der Waals surface area contributed by atoms with E-state index in [1.165, 1.54) is 5.56 Å². The van der Waals surface area contributed by atoms with Gasteiger partial charge in [0.25, 0.3) is 0 Å². The molecule has 0 aliphatic carbocycles. The second-order valence-electron chi connectivity index (χ2n) is 7.29. The summed E-state index contributed by atoms with van der Waals surface area (Å²) in [7, 11) is 0. The van der Waals surface area contributed by atoms with Crippen molar-refractivity contribution < 1.29 is 9.53 Å². The Bertz CT molecular complexity index is 811. The molecule has 0 bridgehead atoms. The summed E-state index contributed by atoms with van der Waals surface area (Å²) in [5.74, 6) is 1.19. The molecule has 0 saturated carbocycles. The van der Waals surface area contributed by atoms with Crippen molar-refractivity contribution in [2.24, 2.45) is 5.73 Å². The third kappa shape index (κ3) is 3.26. The van der Waals surface area contributed by atoms with Crippen molar-refractivity contribution in [2.75, 3.05) is 19.7 Å². The first-order chi connectivity index (χ1) is 12.6. The average molecular weight is 415 g/mol.